The topological polar surface area (TPSA) is 51.7 Å². The van der Waals surface area contributed by atoms with Crippen molar-refractivity contribution in [1.82, 2.24) is 9.88 Å². The Balaban J connectivity index is 2.67. The standard InChI is InChI=1S/C14H22N2O3/c1-5-16(11(2)10-18-3)9-13-7-6-12(8-15-13)14(17)19-4/h6-8,11H,5,9-10H2,1-4H3. The van der Waals surface area contributed by atoms with Crippen molar-refractivity contribution >= 4 is 5.97 Å². The molecule has 5 nitrogen and oxygen atoms in total. The van der Waals surface area contributed by atoms with Gasteiger partial charge in [0.15, 0.2) is 0 Å². The van der Waals surface area contributed by atoms with E-state index in [1.165, 1.54) is 7.11 Å². The van der Waals surface area contributed by atoms with Gasteiger partial charge in [-0.2, -0.15) is 0 Å². The number of aromatic nitrogens is 1. The van der Waals surface area contributed by atoms with E-state index in [4.69, 9.17) is 4.74 Å². The van der Waals surface area contributed by atoms with Crippen molar-refractivity contribution in [2.24, 2.45) is 0 Å². The third kappa shape index (κ3) is 4.61. The van der Waals surface area contributed by atoms with E-state index < -0.39 is 0 Å². The SMILES string of the molecule is CCN(Cc1ccc(C(=O)OC)cn1)C(C)COC. The molecule has 0 saturated heterocycles. The van der Waals surface area contributed by atoms with Crippen LogP contribution in [0.25, 0.3) is 0 Å². The van der Waals surface area contributed by atoms with Gasteiger partial charge in [-0.05, 0) is 25.6 Å². The Morgan fingerprint density at radius 2 is 2.16 bits per heavy atom. The lowest BCUT2D eigenvalue weighted by molar-refractivity contribution is 0.0600. The van der Waals surface area contributed by atoms with Crippen molar-refractivity contribution < 1.29 is 14.3 Å². The number of hydrogen-bond acceptors (Lipinski definition) is 5. The minimum Gasteiger partial charge on any atom is -0.465 e. The van der Waals surface area contributed by atoms with Crippen LogP contribution in [0.2, 0.25) is 0 Å². The van der Waals surface area contributed by atoms with Gasteiger partial charge in [0, 0.05) is 25.9 Å². The Kier molecular flexibility index (Phi) is 6.45. The largest absolute Gasteiger partial charge is 0.465 e. The molecule has 0 radical (unpaired) electrons. The molecule has 19 heavy (non-hydrogen) atoms. The number of methoxy groups -OCH3 is 2. The zero-order chi connectivity index (χ0) is 14.3. The number of esters is 1. The van der Waals surface area contributed by atoms with Crippen LogP contribution in [0.1, 0.15) is 29.9 Å². The smallest absolute Gasteiger partial charge is 0.339 e. The third-order valence-corrected chi connectivity index (χ3v) is 3.05. The van der Waals surface area contributed by atoms with Crippen molar-refractivity contribution in [2.45, 2.75) is 26.4 Å². The highest BCUT2D eigenvalue weighted by Crippen LogP contribution is 2.08. The molecule has 1 heterocycles. The van der Waals surface area contributed by atoms with Crippen molar-refractivity contribution in [3.05, 3.63) is 29.6 Å². The normalized spacial score (nSPS) is 12.5. The Hall–Kier alpha value is -1.46. The predicted octanol–water partition coefficient (Wildman–Crippen LogP) is 1.72. The van der Waals surface area contributed by atoms with E-state index in [0.29, 0.717) is 18.2 Å². The number of ether oxygens (including phenoxy) is 2. The van der Waals surface area contributed by atoms with Gasteiger partial charge >= 0.3 is 5.97 Å². The molecule has 0 aliphatic carbocycles. The molecule has 0 bridgehead atoms. The van der Waals surface area contributed by atoms with Crippen LogP contribution in [0.4, 0.5) is 0 Å². The van der Waals surface area contributed by atoms with E-state index in [1.54, 1.807) is 19.4 Å². The Bertz CT molecular complexity index is 392. The highest BCUT2D eigenvalue weighted by molar-refractivity contribution is 5.88. The second-order valence-corrected chi connectivity index (χ2v) is 4.40. The van der Waals surface area contributed by atoms with Crippen molar-refractivity contribution in [2.75, 3.05) is 27.4 Å². The average Bonchev–Trinajstić information content (AvgIpc) is 2.44. The van der Waals surface area contributed by atoms with Gasteiger partial charge in [-0.15, -0.1) is 0 Å². The van der Waals surface area contributed by atoms with Gasteiger partial charge in [-0.1, -0.05) is 6.92 Å². The Morgan fingerprint density at radius 3 is 2.63 bits per heavy atom. The first-order valence-corrected chi connectivity index (χ1v) is 6.38. The van der Waals surface area contributed by atoms with Crippen molar-refractivity contribution in [1.29, 1.82) is 0 Å². The molecule has 1 rings (SSSR count). The minimum absolute atomic E-state index is 0.331. The zero-order valence-corrected chi connectivity index (χ0v) is 12.0. The van der Waals surface area contributed by atoms with Gasteiger partial charge in [-0.25, -0.2) is 4.79 Å². The third-order valence-electron chi connectivity index (χ3n) is 3.05. The molecule has 0 amide bonds. The summed E-state index contributed by atoms with van der Waals surface area (Å²) in [6.45, 7) is 6.58. The molecule has 0 spiro atoms. The second kappa shape index (κ2) is 7.86. The summed E-state index contributed by atoms with van der Waals surface area (Å²) in [6, 6.07) is 3.93. The second-order valence-electron chi connectivity index (χ2n) is 4.40. The molecule has 0 N–H and O–H groups in total. The maximum Gasteiger partial charge on any atom is 0.339 e. The first-order chi connectivity index (χ1) is 9.12. The van der Waals surface area contributed by atoms with E-state index in [0.717, 1.165) is 18.8 Å². The molecule has 1 aromatic heterocycles. The van der Waals surface area contributed by atoms with Crippen LogP contribution in [0.15, 0.2) is 18.3 Å². The summed E-state index contributed by atoms with van der Waals surface area (Å²) in [6.07, 6.45) is 1.55. The maximum absolute atomic E-state index is 11.3. The quantitative estimate of drug-likeness (QED) is 0.703. The number of nitrogens with zero attached hydrogens (tertiary/aromatic N) is 2. The fourth-order valence-corrected chi connectivity index (χ4v) is 1.89. The number of carbonyl (C=O) groups excluding carboxylic acids is 1. The van der Waals surface area contributed by atoms with Crippen LogP contribution in [-0.4, -0.2) is 49.3 Å². The van der Waals surface area contributed by atoms with Crippen LogP contribution in [0, 0.1) is 0 Å². The van der Waals surface area contributed by atoms with Crippen LogP contribution >= 0.6 is 0 Å². The zero-order valence-electron chi connectivity index (χ0n) is 12.0. The molecular formula is C14H22N2O3. The van der Waals surface area contributed by atoms with Crippen molar-refractivity contribution in [3.63, 3.8) is 0 Å². The molecular weight excluding hydrogens is 244 g/mol. The monoisotopic (exact) mass is 266 g/mol. The summed E-state index contributed by atoms with van der Waals surface area (Å²) in [5.41, 5.74) is 1.40. The van der Waals surface area contributed by atoms with Gasteiger partial charge in [-0.3, -0.25) is 9.88 Å². The van der Waals surface area contributed by atoms with E-state index in [2.05, 4.69) is 28.5 Å². The summed E-state index contributed by atoms with van der Waals surface area (Å²) in [5, 5.41) is 0. The van der Waals surface area contributed by atoms with Crippen LogP contribution < -0.4 is 0 Å². The van der Waals surface area contributed by atoms with E-state index in [-0.39, 0.29) is 5.97 Å². The van der Waals surface area contributed by atoms with Crippen molar-refractivity contribution in [3.8, 4) is 0 Å². The van der Waals surface area contributed by atoms with Gasteiger partial charge in [0.05, 0.1) is 25.0 Å². The number of rotatable bonds is 7. The lowest BCUT2D eigenvalue weighted by Gasteiger charge is -2.26. The number of carbonyl (C=O) groups is 1. The molecule has 1 atom stereocenters. The molecule has 0 fully saturated rings. The van der Waals surface area contributed by atoms with Gasteiger partial charge < -0.3 is 9.47 Å². The number of hydrogen-bond donors (Lipinski definition) is 0. The molecule has 106 valence electrons. The minimum atomic E-state index is -0.362. The van der Waals surface area contributed by atoms with E-state index >= 15 is 0 Å². The highest BCUT2D eigenvalue weighted by atomic mass is 16.5. The lowest BCUT2D eigenvalue weighted by Crippen LogP contribution is -2.35. The lowest BCUT2D eigenvalue weighted by atomic mass is 10.2. The summed E-state index contributed by atoms with van der Waals surface area (Å²) in [4.78, 5) is 17.9. The fraction of sp³-hybridized carbons (Fsp3) is 0.571. The van der Waals surface area contributed by atoms with Gasteiger partial charge in [0.1, 0.15) is 0 Å². The van der Waals surface area contributed by atoms with Crippen LogP contribution in [0.3, 0.4) is 0 Å². The molecule has 5 heteroatoms. The molecule has 1 aromatic rings. The van der Waals surface area contributed by atoms with Crippen LogP contribution in [0.5, 0.6) is 0 Å². The Morgan fingerprint density at radius 1 is 1.42 bits per heavy atom. The summed E-state index contributed by atoms with van der Waals surface area (Å²) in [5.74, 6) is -0.362. The fourth-order valence-electron chi connectivity index (χ4n) is 1.89. The Labute approximate surface area is 114 Å². The van der Waals surface area contributed by atoms with Gasteiger partial charge in [0.2, 0.25) is 0 Å². The molecule has 0 aliphatic heterocycles. The molecule has 0 aliphatic rings. The molecule has 1 unspecified atom stereocenters. The first kappa shape index (κ1) is 15.6. The summed E-state index contributed by atoms with van der Waals surface area (Å²) < 4.78 is 9.81. The molecule has 0 saturated carbocycles. The van der Waals surface area contributed by atoms with E-state index in [1.807, 2.05) is 6.07 Å². The number of likely N-dealkylation sites (N-methyl/N-ethyl adjacent to an activating group) is 1. The summed E-state index contributed by atoms with van der Waals surface area (Å²) >= 11 is 0. The summed E-state index contributed by atoms with van der Waals surface area (Å²) in [7, 11) is 3.06. The molecule has 0 aromatic carbocycles. The predicted molar refractivity (Wildman–Crippen MR) is 73.0 cm³/mol. The average molecular weight is 266 g/mol. The number of pyridine rings is 1. The van der Waals surface area contributed by atoms with Gasteiger partial charge in [0.25, 0.3) is 0 Å². The van der Waals surface area contributed by atoms with E-state index in [9.17, 15) is 4.79 Å². The highest BCUT2D eigenvalue weighted by Gasteiger charge is 2.13. The maximum atomic E-state index is 11.3. The van der Waals surface area contributed by atoms with Crippen LogP contribution in [-0.2, 0) is 16.0 Å². The first-order valence-electron chi connectivity index (χ1n) is 6.38.